The molecule has 2 aromatic carbocycles. The number of hydrogen-bond acceptors (Lipinski definition) is 6. The Morgan fingerprint density at radius 3 is 2.76 bits per heavy atom. The number of hydrogen-bond donors (Lipinski definition) is 3. The molecule has 1 saturated heterocycles. The van der Waals surface area contributed by atoms with Crippen molar-refractivity contribution in [1.82, 2.24) is 15.8 Å². The van der Waals surface area contributed by atoms with Crippen molar-refractivity contribution in [3.63, 3.8) is 0 Å². The number of ether oxygens (including phenoxy) is 1. The van der Waals surface area contributed by atoms with Gasteiger partial charge in [-0.15, -0.1) is 0 Å². The summed E-state index contributed by atoms with van der Waals surface area (Å²) in [5.74, 6) is -0.325. The molecule has 3 N–H and O–H groups in total. The number of aliphatic hydroxyl groups excluding tert-OH is 1. The smallest absolute Gasteiger partial charge is 0.301 e. The van der Waals surface area contributed by atoms with E-state index < -0.39 is 11.9 Å². The molecule has 176 valence electrons. The van der Waals surface area contributed by atoms with Crippen LogP contribution in [0.1, 0.15) is 23.4 Å². The summed E-state index contributed by atoms with van der Waals surface area (Å²) in [4.78, 5) is 12.5. The van der Waals surface area contributed by atoms with Crippen LogP contribution < -0.4 is 15.5 Å². The van der Waals surface area contributed by atoms with Crippen LogP contribution in [-0.2, 0) is 0 Å². The van der Waals surface area contributed by atoms with Gasteiger partial charge in [-0.3, -0.25) is 10.2 Å². The summed E-state index contributed by atoms with van der Waals surface area (Å²) in [6.45, 7) is 1.69. The van der Waals surface area contributed by atoms with Crippen molar-refractivity contribution in [1.29, 1.82) is 0 Å². The van der Waals surface area contributed by atoms with E-state index in [2.05, 4.69) is 10.7 Å². The standard InChI is InChI=1S/C23H24Cl2FN3O4/c24-15-1-4-21-14(9-15)10-22(33-21)23(31)28-29-7-5-16(6-8-29)27-12-17(30)13-32-18-2-3-19(25)20(26)11-18/h1-4,9-11,16-17,27,30H,5-8,12-13H2,(H,28,31)/t17-/m0/s1. The van der Waals surface area contributed by atoms with Crippen LogP contribution in [0.15, 0.2) is 46.9 Å². The Labute approximate surface area is 200 Å². The molecule has 1 amide bonds. The van der Waals surface area contributed by atoms with Crippen LogP contribution in [0.5, 0.6) is 5.75 Å². The van der Waals surface area contributed by atoms with Gasteiger partial charge in [0.25, 0.3) is 0 Å². The number of carbonyl (C=O) groups is 1. The second-order valence-electron chi connectivity index (χ2n) is 7.94. The van der Waals surface area contributed by atoms with Gasteiger partial charge in [-0.25, -0.2) is 9.40 Å². The topological polar surface area (TPSA) is 87.0 Å². The Morgan fingerprint density at radius 2 is 2.00 bits per heavy atom. The fraction of sp³-hybridized carbons (Fsp3) is 0.348. The van der Waals surface area contributed by atoms with Gasteiger partial charge in [-0.1, -0.05) is 23.2 Å². The van der Waals surface area contributed by atoms with Gasteiger partial charge >= 0.3 is 5.91 Å². The van der Waals surface area contributed by atoms with E-state index in [1.54, 1.807) is 30.3 Å². The van der Waals surface area contributed by atoms with Gasteiger partial charge in [0, 0.05) is 42.2 Å². The quantitative estimate of drug-likeness (QED) is 0.437. The first-order valence-electron chi connectivity index (χ1n) is 10.6. The number of nitrogens with one attached hydrogen (secondary N) is 2. The summed E-state index contributed by atoms with van der Waals surface area (Å²) in [5, 5.41) is 16.7. The highest BCUT2D eigenvalue weighted by molar-refractivity contribution is 6.31. The second-order valence-corrected chi connectivity index (χ2v) is 8.79. The number of halogens is 3. The van der Waals surface area contributed by atoms with Crippen LogP contribution >= 0.6 is 23.2 Å². The van der Waals surface area contributed by atoms with E-state index in [4.69, 9.17) is 32.4 Å². The molecule has 0 saturated carbocycles. The number of carbonyl (C=O) groups excluding carboxylic acids is 1. The van der Waals surface area contributed by atoms with E-state index in [-0.39, 0.29) is 29.3 Å². The number of amides is 1. The van der Waals surface area contributed by atoms with E-state index in [0.717, 1.165) is 18.2 Å². The average Bonchev–Trinajstić information content (AvgIpc) is 3.23. The van der Waals surface area contributed by atoms with Gasteiger partial charge in [0.2, 0.25) is 0 Å². The van der Waals surface area contributed by atoms with E-state index in [0.29, 0.717) is 36.0 Å². The van der Waals surface area contributed by atoms with Crippen molar-refractivity contribution in [2.24, 2.45) is 0 Å². The Bertz CT molecular complexity index is 1120. The molecule has 0 bridgehead atoms. The molecule has 10 heteroatoms. The number of hydrazine groups is 1. The maximum absolute atomic E-state index is 13.4. The summed E-state index contributed by atoms with van der Waals surface area (Å²) >= 11 is 11.6. The molecular formula is C23H24Cl2FN3O4. The maximum Gasteiger partial charge on any atom is 0.301 e. The van der Waals surface area contributed by atoms with Crippen molar-refractivity contribution >= 4 is 40.1 Å². The number of aliphatic hydroxyl groups is 1. The van der Waals surface area contributed by atoms with Crippen LogP contribution in [0.3, 0.4) is 0 Å². The van der Waals surface area contributed by atoms with Crippen molar-refractivity contribution in [2.75, 3.05) is 26.2 Å². The van der Waals surface area contributed by atoms with E-state index in [1.165, 1.54) is 12.1 Å². The molecule has 1 aliphatic heterocycles. The summed E-state index contributed by atoms with van der Waals surface area (Å²) in [6, 6.07) is 11.2. The minimum absolute atomic E-state index is 0.0228. The Morgan fingerprint density at radius 1 is 1.21 bits per heavy atom. The first-order valence-corrected chi connectivity index (χ1v) is 11.4. The zero-order valence-electron chi connectivity index (χ0n) is 17.7. The summed E-state index contributed by atoms with van der Waals surface area (Å²) in [6.07, 6.45) is 0.848. The largest absolute Gasteiger partial charge is 0.491 e. The van der Waals surface area contributed by atoms with Crippen LogP contribution in [-0.4, -0.2) is 54.4 Å². The number of furan rings is 1. The van der Waals surface area contributed by atoms with Crippen LogP contribution in [0.2, 0.25) is 10.0 Å². The molecule has 1 aliphatic rings. The van der Waals surface area contributed by atoms with Crippen molar-refractivity contribution in [2.45, 2.75) is 25.0 Å². The molecule has 2 heterocycles. The zero-order valence-corrected chi connectivity index (χ0v) is 19.2. The van der Waals surface area contributed by atoms with E-state index in [1.807, 2.05) is 5.01 Å². The van der Waals surface area contributed by atoms with Gasteiger partial charge in [0.15, 0.2) is 5.76 Å². The monoisotopic (exact) mass is 495 g/mol. The van der Waals surface area contributed by atoms with Gasteiger partial charge in [-0.2, -0.15) is 0 Å². The maximum atomic E-state index is 13.4. The number of fused-ring (bicyclic) bond motifs is 1. The first-order chi connectivity index (χ1) is 15.9. The summed E-state index contributed by atoms with van der Waals surface area (Å²) < 4.78 is 24.5. The molecular weight excluding hydrogens is 472 g/mol. The third-order valence-electron chi connectivity index (χ3n) is 5.43. The lowest BCUT2D eigenvalue weighted by molar-refractivity contribution is 0.0674. The lowest BCUT2D eigenvalue weighted by Crippen LogP contribution is -2.51. The summed E-state index contributed by atoms with van der Waals surface area (Å²) in [5.41, 5.74) is 3.48. The van der Waals surface area contributed by atoms with Gasteiger partial charge in [0.05, 0.1) is 5.02 Å². The number of benzene rings is 2. The molecule has 0 unspecified atom stereocenters. The number of rotatable bonds is 8. The third kappa shape index (κ3) is 6.37. The zero-order chi connectivity index (χ0) is 23.4. The molecule has 1 atom stereocenters. The number of nitrogens with zero attached hydrogens (tertiary/aromatic N) is 1. The highest BCUT2D eigenvalue weighted by Gasteiger charge is 2.22. The van der Waals surface area contributed by atoms with Crippen LogP contribution in [0, 0.1) is 5.82 Å². The fourth-order valence-corrected chi connectivity index (χ4v) is 3.94. The normalized spacial score (nSPS) is 16.1. The molecule has 1 fully saturated rings. The Balaban J connectivity index is 1.17. The highest BCUT2D eigenvalue weighted by atomic mass is 35.5. The predicted octanol–water partition coefficient (Wildman–Crippen LogP) is 4.02. The third-order valence-corrected chi connectivity index (χ3v) is 5.97. The minimum atomic E-state index is -0.747. The molecule has 4 rings (SSSR count). The molecule has 7 nitrogen and oxygen atoms in total. The lowest BCUT2D eigenvalue weighted by Gasteiger charge is -2.32. The SMILES string of the molecule is O=C(NN1CCC(NC[C@H](O)COc2ccc(Cl)c(F)c2)CC1)c1cc2cc(Cl)ccc2o1. The Hall–Kier alpha value is -2.36. The minimum Gasteiger partial charge on any atom is -0.491 e. The summed E-state index contributed by atoms with van der Waals surface area (Å²) in [7, 11) is 0. The molecule has 33 heavy (non-hydrogen) atoms. The van der Waals surface area contributed by atoms with Gasteiger partial charge < -0.3 is 19.6 Å². The van der Waals surface area contributed by atoms with Crippen molar-refractivity contribution < 1.29 is 23.4 Å². The molecule has 0 spiro atoms. The van der Waals surface area contributed by atoms with Gasteiger partial charge in [0.1, 0.15) is 29.9 Å². The van der Waals surface area contributed by atoms with E-state index >= 15 is 0 Å². The number of piperidine rings is 1. The van der Waals surface area contributed by atoms with E-state index in [9.17, 15) is 14.3 Å². The first kappa shape index (κ1) is 23.8. The highest BCUT2D eigenvalue weighted by Crippen LogP contribution is 2.23. The predicted molar refractivity (Wildman–Crippen MR) is 124 cm³/mol. The van der Waals surface area contributed by atoms with Gasteiger partial charge in [-0.05, 0) is 49.2 Å². The van der Waals surface area contributed by atoms with Crippen molar-refractivity contribution in [3.05, 3.63) is 64.1 Å². The fourth-order valence-electron chi connectivity index (χ4n) is 3.64. The van der Waals surface area contributed by atoms with Crippen LogP contribution in [0.25, 0.3) is 11.0 Å². The second kappa shape index (κ2) is 10.7. The molecule has 0 aliphatic carbocycles. The molecule has 3 aromatic rings. The lowest BCUT2D eigenvalue weighted by atomic mass is 10.1. The van der Waals surface area contributed by atoms with Crippen molar-refractivity contribution in [3.8, 4) is 5.75 Å². The van der Waals surface area contributed by atoms with Crippen LogP contribution in [0.4, 0.5) is 4.39 Å². The Kier molecular flexibility index (Phi) is 7.72. The average molecular weight is 496 g/mol. The molecule has 0 radical (unpaired) electrons. The molecule has 1 aromatic heterocycles.